The molecule has 4 heteroatoms. The Balaban J connectivity index is 1.69. The molecule has 1 aromatic rings. The highest BCUT2D eigenvalue weighted by Gasteiger charge is 2.25. The maximum atomic E-state index is 5.65. The zero-order chi connectivity index (χ0) is 10.5. The minimum Gasteiger partial charge on any atom is -0.378 e. The van der Waals surface area contributed by atoms with E-state index in [0.717, 1.165) is 26.1 Å². The molecule has 2 atom stereocenters. The summed E-state index contributed by atoms with van der Waals surface area (Å²) in [5.41, 5.74) is 1.88. The summed E-state index contributed by atoms with van der Waals surface area (Å²) in [5.74, 6) is 0.697. The normalized spacial score (nSPS) is 25.9. The molecule has 1 fully saturated rings. The molecular formula is C11H18N2OS. The number of hydrogen-bond donors (Lipinski definition) is 1. The van der Waals surface area contributed by atoms with Gasteiger partial charge in [-0.1, -0.05) is 6.92 Å². The molecule has 0 saturated carbocycles. The Labute approximate surface area is 94.9 Å². The van der Waals surface area contributed by atoms with Crippen LogP contribution in [0.2, 0.25) is 0 Å². The lowest BCUT2D eigenvalue weighted by Gasteiger charge is -2.16. The Bertz CT molecular complexity index is 276. The van der Waals surface area contributed by atoms with Gasteiger partial charge in [0.05, 0.1) is 11.6 Å². The smallest absolute Gasteiger partial charge is 0.0794 e. The van der Waals surface area contributed by atoms with Gasteiger partial charge < -0.3 is 10.1 Å². The first-order chi connectivity index (χ1) is 7.40. The lowest BCUT2D eigenvalue weighted by molar-refractivity contribution is 0.0872. The molecule has 0 bridgehead atoms. The fraction of sp³-hybridized carbons (Fsp3) is 0.727. The van der Waals surface area contributed by atoms with E-state index in [9.17, 15) is 0 Å². The number of aromatic nitrogens is 1. The molecule has 1 saturated heterocycles. The molecule has 3 nitrogen and oxygen atoms in total. The van der Waals surface area contributed by atoms with Crippen molar-refractivity contribution in [2.75, 3.05) is 13.2 Å². The van der Waals surface area contributed by atoms with E-state index in [1.165, 1.54) is 11.3 Å². The largest absolute Gasteiger partial charge is 0.378 e. The zero-order valence-electron chi connectivity index (χ0n) is 9.11. The third-order valence-electron chi connectivity index (χ3n) is 2.94. The van der Waals surface area contributed by atoms with E-state index < -0.39 is 0 Å². The number of nitrogens with zero attached hydrogens (tertiary/aromatic N) is 1. The van der Waals surface area contributed by atoms with Crippen molar-refractivity contribution in [3.63, 3.8) is 0 Å². The molecule has 0 amide bonds. The van der Waals surface area contributed by atoms with Crippen LogP contribution in [-0.4, -0.2) is 24.2 Å². The molecule has 1 aliphatic heterocycles. The van der Waals surface area contributed by atoms with Crippen molar-refractivity contribution in [2.45, 2.75) is 32.4 Å². The van der Waals surface area contributed by atoms with Crippen molar-refractivity contribution in [1.29, 1.82) is 0 Å². The minimum absolute atomic E-state index is 0.471. The third-order valence-corrected chi connectivity index (χ3v) is 3.72. The molecule has 1 aliphatic rings. The van der Waals surface area contributed by atoms with E-state index in [1.807, 2.05) is 11.7 Å². The second kappa shape index (κ2) is 5.58. The summed E-state index contributed by atoms with van der Waals surface area (Å²) in [6.45, 7) is 5.14. The third kappa shape index (κ3) is 3.00. The first-order valence-corrected chi connectivity index (χ1v) is 6.47. The fourth-order valence-corrected chi connectivity index (χ4v) is 2.65. The molecule has 0 radical (unpaired) electrons. The van der Waals surface area contributed by atoms with E-state index in [4.69, 9.17) is 4.74 Å². The molecule has 15 heavy (non-hydrogen) atoms. The Morgan fingerprint density at radius 1 is 1.67 bits per heavy atom. The van der Waals surface area contributed by atoms with E-state index >= 15 is 0 Å². The molecule has 1 N–H and O–H groups in total. The van der Waals surface area contributed by atoms with Crippen LogP contribution >= 0.6 is 11.3 Å². The average molecular weight is 226 g/mol. The van der Waals surface area contributed by atoms with Crippen LogP contribution in [0.1, 0.15) is 24.6 Å². The van der Waals surface area contributed by atoms with Gasteiger partial charge in [0, 0.05) is 30.8 Å². The summed E-state index contributed by atoms with van der Waals surface area (Å²) in [6, 6.07) is 0. The molecule has 0 spiro atoms. The van der Waals surface area contributed by atoms with Gasteiger partial charge in [-0.15, -0.1) is 11.3 Å². The zero-order valence-corrected chi connectivity index (χ0v) is 9.93. The molecule has 1 aromatic heterocycles. The lowest BCUT2D eigenvalue weighted by atomic mass is 10.00. The Hall–Kier alpha value is -0.450. The molecule has 0 aliphatic carbocycles. The van der Waals surface area contributed by atoms with E-state index in [-0.39, 0.29) is 0 Å². The minimum atomic E-state index is 0.471. The monoisotopic (exact) mass is 226 g/mol. The van der Waals surface area contributed by atoms with Crippen molar-refractivity contribution in [2.24, 2.45) is 5.92 Å². The second-order valence-corrected chi connectivity index (χ2v) is 4.94. The molecule has 2 heterocycles. The van der Waals surface area contributed by atoms with Gasteiger partial charge in [-0.25, -0.2) is 0 Å². The highest BCUT2D eigenvalue weighted by atomic mass is 32.1. The standard InChI is InChI=1S/C11H18N2OS/c1-2-11-9(3-4-14-11)5-12-6-10-7-13-8-15-10/h7-9,11-12H,2-6H2,1H3. The molecule has 84 valence electrons. The van der Waals surface area contributed by atoms with Crippen LogP contribution in [0.4, 0.5) is 0 Å². The SMILES string of the molecule is CCC1OCCC1CNCc1cncs1. The van der Waals surface area contributed by atoms with Gasteiger partial charge in [-0.3, -0.25) is 4.98 Å². The Kier molecular flexibility index (Phi) is 4.11. The van der Waals surface area contributed by atoms with Crippen molar-refractivity contribution in [1.82, 2.24) is 10.3 Å². The van der Waals surface area contributed by atoms with Crippen LogP contribution in [0.25, 0.3) is 0 Å². The average Bonchev–Trinajstić information content (AvgIpc) is 2.88. The lowest BCUT2D eigenvalue weighted by Crippen LogP contribution is -2.27. The number of thiazole rings is 1. The quantitative estimate of drug-likeness (QED) is 0.834. The van der Waals surface area contributed by atoms with Gasteiger partial charge in [0.1, 0.15) is 0 Å². The van der Waals surface area contributed by atoms with Crippen LogP contribution in [0, 0.1) is 5.92 Å². The van der Waals surface area contributed by atoms with Crippen LogP contribution < -0.4 is 5.32 Å². The molecule has 2 rings (SSSR count). The fourth-order valence-electron chi connectivity index (χ4n) is 2.09. The summed E-state index contributed by atoms with van der Waals surface area (Å²) in [4.78, 5) is 5.36. The van der Waals surface area contributed by atoms with E-state index in [0.29, 0.717) is 12.0 Å². The second-order valence-electron chi connectivity index (χ2n) is 3.96. The molecule has 0 aromatic carbocycles. The summed E-state index contributed by atoms with van der Waals surface area (Å²) in [7, 11) is 0. The summed E-state index contributed by atoms with van der Waals surface area (Å²) in [6.07, 6.45) is 4.74. The first kappa shape index (κ1) is 11.0. The highest BCUT2D eigenvalue weighted by molar-refractivity contribution is 7.09. The van der Waals surface area contributed by atoms with Gasteiger partial charge in [-0.2, -0.15) is 0 Å². The number of hydrogen-bond acceptors (Lipinski definition) is 4. The van der Waals surface area contributed by atoms with Crippen molar-refractivity contribution >= 4 is 11.3 Å². The van der Waals surface area contributed by atoms with Gasteiger partial charge in [0.2, 0.25) is 0 Å². The molecular weight excluding hydrogens is 208 g/mol. The Morgan fingerprint density at radius 3 is 3.33 bits per heavy atom. The van der Waals surface area contributed by atoms with Gasteiger partial charge in [0.25, 0.3) is 0 Å². The van der Waals surface area contributed by atoms with Crippen LogP contribution in [0.5, 0.6) is 0 Å². The van der Waals surface area contributed by atoms with Crippen molar-refractivity contribution in [3.8, 4) is 0 Å². The van der Waals surface area contributed by atoms with Crippen molar-refractivity contribution < 1.29 is 4.74 Å². The van der Waals surface area contributed by atoms with Crippen LogP contribution in [0.15, 0.2) is 11.7 Å². The summed E-state index contributed by atoms with van der Waals surface area (Å²) in [5, 5.41) is 3.48. The number of ether oxygens (including phenoxy) is 1. The topological polar surface area (TPSA) is 34.1 Å². The van der Waals surface area contributed by atoms with Crippen LogP contribution in [-0.2, 0) is 11.3 Å². The van der Waals surface area contributed by atoms with Gasteiger partial charge >= 0.3 is 0 Å². The predicted octanol–water partition coefficient (Wildman–Crippen LogP) is 2.05. The highest BCUT2D eigenvalue weighted by Crippen LogP contribution is 2.22. The van der Waals surface area contributed by atoms with Crippen LogP contribution in [0.3, 0.4) is 0 Å². The first-order valence-electron chi connectivity index (χ1n) is 5.60. The van der Waals surface area contributed by atoms with Gasteiger partial charge in [-0.05, 0) is 18.8 Å². The number of nitrogens with one attached hydrogen (secondary N) is 1. The van der Waals surface area contributed by atoms with Crippen molar-refractivity contribution in [3.05, 3.63) is 16.6 Å². The Morgan fingerprint density at radius 2 is 2.60 bits per heavy atom. The molecule has 2 unspecified atom stereocenters. The van der Waals surface area contributed by atoms with E-state index in [1.54, 1.807) is 11.3 Å². The van der Waals surface area contributed by atoms with E-state index in [2.05, 4.69) is 17.2 Å². The maximum absolute atomic E-state index is 5.65. The predicted molar refractivity (Wildman–Crippen MR) is 62.0 cm³/mol. The summed E-state index contributed by atoms with van der Waals surface area (Å²) < 4.78 is 5.65. The van der Waals surface area contributed by atoms with Gasteiger partial charge in [0.15, 0.2) is 0 Å². The maximum Gasteiger partial charge on any atom is 0.0794 e. The summed E-state index contributed by atoms with van der Waals surface area (Å²) >= 11 is 1.71. The number of rotatable bonds is 5.